The fourth-order valence-corrected chi connectivity index (χ4v) is 5.62. The highest BCUT2D eigenvalue weighted by molar-refractivity contribution is 9.10. The average Bonchev–Trinajstić information content (AvgIpc) is 3.55. The molecular weight excluding hydrogens is 522 g/mol. The van der Waals surface area contributed by atoms with Gasteiger partial charge < -0.3 is 25.3 Å². The summed E-state index contributed by atoms with van der Waals surface area (Å²) < 4.78 is 0.727. The molecule has 3 aromatic rings. The molecule has 2 aliphatic heterocycles. The smallest absolute Gasteiger partial charge is 0.251 e. The van der Waals surface area contributed by atoms with E-state index in [4.69, 9.17) is 0 Å². The van der Waals surface area contributed by atoms with E-state index in [0.29, 0.717) is 12.1 Å². The Morgan fingerprint density at radius 3 is 2.58 bits per heavy atom. The molecule has 2 fully saturated rings. The van der Waals surface area contributed by atoms with E-state index in [1.165, 1.54) is 31.5 Å². The number of benzene rings is 1. The summed E-state index contributed by atoms with van der Waals surface area (Å²) in [5.41, 5.74) is 4.75. The Bertz CT molecular complexity index is 1220. The molecule has 1 amide bonds. The number of rotatable bonds is 8. The van der Waals surface area contributed by atoms with Crippen LogP contribution in [0.2, 0.25) is 0 Å². The van der Waals surface area contributed by atoms with Crippen LogP contribution in [-0.2, 0) is 0 Å². The number of fused-ring (bicyclic) bond motifs is 1. The van der Waals surface area contributed by atoms with Gasteiger partial charge in [0.1, 0.15) is 16.7 Å². The van der Waals surface area contributed by atoms with Gasteiger partial charge in [0.15, 0.2) is 5.65 Å². The third-order valence-corrected chi connectivity index (χ3v) is 7.71. The lowest BCUT2D eigenvalue weighted by molar-refractivity contribution is 0.0956. The minimum Gasteiger partial charge on any atom is -0.383 e. The van der Waals surface area contributed by atoms with Gasteiger partial charge in [-0.3, -0.25) is 9.89 Å². The maximum absolute atomic E-state index is 12.8. The van der Waals surface area contributed by atoms with Gasteiger partial charge in [0.2, 0.25) is 0 Å². The number of aromatic nitrogens is 4. The van der Waals surface area contributed by atoms with E-state index < -0.39 is 0 Å². The van der Waals surface area contributed by atoms with Crippen molar-refractivity contribution in [2.75, 3.05) is 74.0 Å². The van der Waals surface area contributed by atoms with Crippen LogP contribution < -0.4 is 20.4 Å². The van der Waals surface area contributed by atoms with Crippen LogP contribution in [0.3, 0.4) is 0 Å². The van der Waals surface area contributed by atoms with E-state index in [1.54, 1.807) is 6.33 Å². The molecule has 11 heteroatoms. The van der Waals surface area contributed by atoms with E-state index in [1.807, 2.05) is 19.1 Å². The fourth-order valence-electron chi connectivity index (χ4n) is 5.17. The van der Waals surface area contributed by atoms with Crippen LogP contribution in [0.5, 0.6) is 0 Å². The van der Waals surface area contributed by atoms with Crippen LogP contribution in [0.4, 0.5) is 17.2 Å². The molecule has 2 saturated heterocycles. The minimum absolute atomic E-state index is 0.0341. The number of hydrogen-bond donors (Lipinski definition) is 3. The van der Waals surface area contributed by atoms with E-state index in [2.05, 4.69) is 68.4 Å². The maximum atomic E-state index is 12.8. The van der Waals surface area contributed by atoms with Crippen molar-refractivity contribution in [2.24, 2.45) is 0 Å². The lowest BCUT2D eigenvalue weighted by atomic mass is 10.0. The van der Waals surface area contributed by atoms with Crippen molar-refractivity contribution < 1.29 is 4.79 Å². The van der Waals surface area contributed by atoms with Gasteiger partial charge in [-0.2, -0.15) is 5.10 Å². The summed E-state index contributed by atoms with van der Waals surface area (Å²) in [4.78, 5) is 28.8. The molecule has 0 radical (unpaired) electrons. The van der Waals surface area contributed by atoms with Crippen molar-refractivity contribution in [2.45, 2.75) is 26.7 Å². The number of carbonyl (C=O) groups is 1. The molecule has 0 saturated carbocycles. The highest BCUT2D eigenvalue weighted by Gasteiger charge is 2.24. The van der Waals surface area contributed by atoms with Crippen LogP contribution >= 0.6 is 15.9 Å². The number of H-pyrrole nitrogens is 1. The van der Waals surface area contributed by atoms with Crippen LogP contribution in [0.15, 0.2) is 23.1 Å². The number of aromatic amines is 1. The second-order valence-corrected chi connectivity index (χ2v) is 10.2. The number of halogens is 1. The molecular formula is C25H34BrN9O. The molecule has 4 heterocycles. The Kier molecular flexibility index (Phi) is 7.56. The number of likely N-dealkylation sites (tertiary alicyclic amines) is 1. The summed E-state index contributed by atoms with van der Waals surface area (Å²) in [6, 6.07) is 4.04. The highest BCUT2D eigenvalue weighted by atomic mass is 79.9. The third-order valence-electron chi connectivity index (χ3n) is 7.14. The second kappa shape index (κ2) is 11.0. The molecule has 0 unspecified atom stereocenters. The van der Waals surface area contributed by atoms with E-state index >= 15 is 0 Å². The molecule has 36 heavy (non-hydrogen) atoms. The Morgan fingerprint density at radius 2 is 1.83 bits per heavy atom. The predicted octanol–water partition coefficient (Wildman–Crippen LogP) is 3.01. The molecule has 10 nitrogen and oxygen atoms in total. The molecule has 2 aliphatic rings. The number of nitrogens with zero attached hydrogens (tertiary/aromatic N) is 6. The average molecular weight is 557 g/mol. The summed E-state index contributed by atoms with van der Waals surface area (Å²) in [7, 11) is 0. The SMILES string of the molecule is CCNC(=O)c1cc(NCCN2CCCC2)c(C)c(N2CCN(c3ncnc4[nH]nc(Br)c34)CC2)c1. The van der Waals surface area contributed by atoms with Crippen molar-refractivity contribution in [3.63, 3.8) is 0 Å². The monoisotopic (exact) mass is 555 g/mol. The summed E-state index contributed by atoms with van der Waals surface area (Å²) in [5, 5.41) is 14.7. The molecule has 0 aliphatic carbocycles. The first-order chi connectivity index (χ1) is 17.5. The number of nitrogens with one attached hydrogen (secondary N) is 3. The van der Waals surface area contributed by atoms with Gasteiger partial charge in [0.25, 0.3) is 5.91 Å². The zero-order valence-electron chi connectivity index (χ0n) is 21.0. The summed E-state index contributed by atoms with van der Waals surface area (Å²) >= 11 is 3.52. The topological polar surface area (TPSA) is 105 Å². The first-order valence-electron chi connectivity index (χ1n) is 12.8. The number of piperazine rings is 1. The van der Waals surface area contributed by atoms with Gasteiger partial charge >= 0.3 is 0 Å². The first kappa shape index (κ1) is 24.8. The number of anilines is 3. The number of hydrogen-bond acceptors (Lipinski definition) is 8. The normalized spacial score (nSPS) is 16.6. The van der Waals surface area contributed by atoms with Crippen molar-refractivity contribution in [1.82, 2.24) is 30.4 Å². The molecule has 2 aromatic heterocycles. The van der Waals surface area contributed by atoms with E-state index in [-0.39, 0.29) is 5.91 Å². The van der Waals surface area contributed by atoms with E-state index in [9.17, 15) is 4.79 Å². The standard InChI is InChI=1S/C25H34BrN9O/c1-3-27-25(36)18-14-19(28-6-9-33-7-4-5-8-33)17(2)20(15-18)34-10-12-35(13-11-34)24-21-22(26)31-32-23(21)29-16-30-24/h14-16,28H,3-13H2,1-2H3,(H,27,36)(H,29,30,31,32). The number of carbonyl (C=O) groups excluding carboxylic acids is 1. The highest BCUT2D eigenvalue weighted by Crippen LogP contribution is 2.32. The zero-order valence-corrected chi connectivity index (χ0v) is 22.6. The van der Waals surface area contributed by atoms with Crippen molar-refractivity contribution in [1.29, 1.82) is 0 Å². The van der Waals surface area contributed by atoms with Gasteiger partial charge in [-0.1, -0.05) is 0 Å². The van der Waals surface area contributed by atoms with Crippen molar-refractivity contribution in [3.8, 4) is 0 Å². The Morgan fingerprint density at radius 1 is 1.08 bits per heavy atom. The Hall–Kier alpha value is -2.92. The molecule has 0 bridgehead atoms. The molecule has 192 valence electrons. The maximum Gasteiger partial charge on any atom is 0.251 e. The molecule has 1 aromatic carbocycles. The molecule has 0 atom stereocenters. The van der Waals surface area contributed by atoms with Crippen LogP contribution in [-0.4, -0.2) is 89.9 Å². The van der Waals surface area contributed by atoms with Crippen LogP contribution in [0.25, 0.3) is 11.0 Å². The van der Waals surface area contributed by atoms with Crippen molar-refractivity contribution >= 4 is 50.1 Å². The lowest BCUT2D eigenvalue weighted by Crippen LogP contribution is -2.47. The predicted molar refractivity (Wildman–Crippen MR) is 147 cm³/mol. The minimum atomic E-state index is -0.0341. The summed E-state index contributed by atoms with van der Waals surface area (Å²) in [5.74, 6) is 0.852. The van der Waals surface area contributed by atoms with Crippen LogP contribution in [0.1, 0.15) is 35.7 Å². The van der Waals surface area contributed by atoms with Gasteiger partial charge in [-0.25, -0.2) is 9.97 Å². The lowest BCUT2D eigenvalue weighted by Gasteiger charge is -2.38. The third kappa shape index (κ3) is 5.12. The molecule has 3 N–H and O–H groups in total. The Balaban J connectivity index is 1.34. The van der Waals surface area contributed by atoms with Crippen molar-refractivity contribution in [3.05, 3.63) is 34.2 Å². The van der Waals surface area contributed by atoms with Gasteiger partial charge in [0.05, 0.1) is 5.39 Å². The Labute approximate surface area is 220 Å². The molecule has 0 spiro atoms. The molecule has 5 rings (SSSR count). The first-order valence-corrected chi connectivity index (χ1v) is 13.6. The fraction of sp³-hybridized carbons (Fsp3) is 0.520. The summed E-state index contributed by atoms with van der Waals surface area (Å²) in [6.45, 7) is 12.2. The second-order valence-electron chi connectivity index (χ2n) is 9.41. The van der Waals surface area contributed by atoms with E-state index in [0.717, 1.165) is 72.1 Å². The van der Waals surface area contributed by atoms with Gasteiger partial charge in [-0.15, -0.1) is 0 Å². The van der Waals surface area contributed by atoms with Gasteiger partial charge in [-0.05, 0) is 73.4 Å². The van der Waals surface area contributed by atoms with Crippen LogP contribution in [0, 0.1) is 6.92 Å². The number of amides is 1. The summed E-state index contributed by atoms with van der Waals surface area (Å²) in [6.07, 6.45) is 4.16. The zero-order chi connectivity index (χ0) is 25.1. The largest absolute Gasteiger partial charge is 0.383 e. The van der Waals surface area contributed by atoms with Gasteiger partial charge in [0, 0.05) is 62.8 Å². The quantitative estimate of drug-likeness (QED) is 0.389.